The highest BCUT2D eigenvalue weighted by atomic mass is 16.7. The molecule has 5 aromatic carbocycles. The van der Waals surface area contributed by atoms with Crippen molar-refractivity contribution in [1.29, 1.82) is 0 Å². The van der Waals surface area contributed by atoms with Gasteiger partial charge in [-0.1, -0.05) is 133 Å². The first kappa shape index (κ1) is 27.9. The van der Waals surface area contributed by atoms with Crippen LogP contribution in [0.15, 0.2) is 146 Å². The maximum absolute atomic E-state index is 13.7. The van der Waals surface area contributed by atoms with Gasteiger partial charge in [0, 0.05) is 0 Å². The molecule has 6 nitrogen and oxygen atoms in total. The van der Waals surface area contributed by atoms with E-state index in [0.29, 0.717) is 17.9 Å². The van der Waals surface area contributed by atoms with Crippen LogP contribution in [-0.2, 0) is 32.0 Å². The van der Waals surface area contributed by atoms with Gasteiger partial charge in [-0.3, -0.25) is 14.4 Å². The fourth-order valence-electron chi connectivity index (χ4n) is 5.76. The van der Waals surface area contributed by atoms with E-state index in [1.165, 1.54) is 0 Å². The van der Waals surface area contributed by atoms with Crippen LogP contribution < -0.4 is 10.2 Å². The lowest BCUT2D eigenvalue weighted by Gasteiger charge is -2.35. The molecule has 0 heterocycles. The number of carboxylic acid groups (broad SMARTS) is 1. The Morgan fingerprint density at radius 3 is 1.74 bits per heavy atom. The molecule has 1 aliphatic rings. The predicted molar refractivity (Wildman–Crippen MR) is 163 cm³/mol. The highest BCUT2D eigenvalue weighted by Gasteiger charge is 2.65. The number of benzene rings is 5. The van der Waals surface area contributed by atoms with Gasteiger partial charge in [0.1, 0.15) is 17.8 Å². The van der Waals surface area contributed by atoms with E-state index in [0.717, 1.165) is 22.3 Å². The fourth-order valence-corrected chi connectivity index (χ4v) is 5.76. The van der Waals surface area contributed by atoms with Gasteiger partial charge in [-0.25, -0.2) is 5.48 Å². The van der Waals surface area contributed by atoms with Crippen LogP contribution >= 0.6 is 0 Å². The molecule has 2 N–H and O–H groups in total. The zero-order valence-corrected chi connectivity index (χ0v) is 23.4. The lowest BCUT2D eigenvalue weighted by atomic mass is 9.80. The van der Waals surface area contributed by atoms with E-state index in [-0.39, 0.29) is 6.42 Å². The standard InChI is InChI=1S/C37H31NO5/c39-34(33-25-36(33,35(40)41)31-22-13-23-32(24-31)42-26-27-14-5-1-6-15-27)38-43-37(28-16-7-2-8-17-28,29-18-9-3-10-19-29)30-20-11-4-12-21-30/h1-24,33H,25-26H2,(H,38,39)(H,40,41). The molecule has 6 heteroatoms. The smallest absolute Gasteiger partial charge is 0.314 e. The minimum atomic E-state index is -1.38. The van der Waals surface area contributed by atoms with Crippen LogP contribution in [0.25, 0.3) is 0 Å². The summed E-state index contributed by atoms with van der Waals surface area (Å²) in [6.07, 6.45) is 0.147. The Kier molecular flexibility index (Phi) is 7.77. The van der Waals surface area contributed by atoms with Crippen LogP contribution in [0, 0.1) is 5.92 Å². The Labute approximate surface area is 250 Å². The van der Waals surface area contributed by atoms with Gasteiger partial charge in [0.25, 0.3) is 0 Å². The van der Waals surface area contributed by atoms with Gasteiger partial charge in [-0.2, -0.15) is 0 Å². The molecule has 43 heavy (non-hydrogen) atoms. The molecule has 2 atom stereocenters. The van der Waals surface area contributed by atoms with Crippen molar-refractivity contribution >= 4 is 11.9 Å². The number of carbonyl (C=O) groups is 2. The van der Waals surface area contributed by atoms with Crippen LogP contribution in [-0.4, -0.2) is 17.0 Å². The molecule has 1 aliphatic carbocycles. The fraction of sp³-hybridized carbons (Fsp3) is 0.135. The number of amides is 1. The summed E-state index contributed by atoms with van der Waals surface area (Å²) in [6, 6.07) is 45.7. The van der Waals surface area contributed by atoms with Gasteiger partial charge in [-0.05, 0) is 46.4 Å². The Hall–Kier alpha value is -5.20. The molecule has 214 valence electrons. The summed E-state index contributed by atoms with van der Waals surface area (Å²) in [5.41, 5.74) is 4.10. The third-order valence-electron chi connectivity index (χ3n) is 8.10. The van der Waals surface area contributed by atoms with E-state index in [1.807, 2.05) is 121 Å². The largest absolute Gasteiger partial charge is 0.489 e. The first-order valence-corrected chi connectivity index (χ1v) is 14.2. The third kappa shape index (κ3) is 5.41. The Bertz CT molecular complexity index is 1600. The van der Waals surface area contributed by atoms with Crippen molar-refractivity contribution in [2.45, 2.75) is 24.0 Å². The number of nitrogens with one attached hydrogen (secondary N) is 1. The number of ether oxygens (including phenoxy) is 1. The van der Waals surface area contributed by atoms with Crippen LogP contribution in [0.5, 0.6) is 5.75 Å². The summed E-state index contributed by atoms with van der Waals surface area (Å²) in [4.78, 5) is 32.9. The van der Waals surface area contributed by atoms with Crippen molar-refractivity contribution in [2.24, 2.45) is 5.92 Å². The van der Waals surface area contributed by atoms with E-state index < -0.39 is 28.8 Å². The van der Waals surface area contributed by atoms with Gasteiger partial charge >= 0.3 is 5.97 Å². The second-order valence-electron chi connectivity index (χ2n) is 10.7. The van der Waals surface area contributed by atoms with E-state index in [9.17, 15) is 14.7 Å². The SMILES string of the molecule is O=C(NOC(c1ccccc1)(c1ccccc1)c1ccccc1)C1CC1(C(=O)O)c1cccc(OCc2ccccc2)c1. The van der Waals surface area contributed by atoms with Gasteiger partial charge in [0.15, 0.2) is 5.60 Å². The minimum absolute atomic E-state index is 0.147. The van der Waals surface area contributed by atoms with E-state index in [4.69, 9.17) is 9.57 Å². The molecule has 2 unspecified atom stereocenters. The number of hydroxylamine groups is 1. The van der Waals surface area contributed by atoms with Crippen LogP contribution in [0.1, 0.15) is 34.2 Å². The van der Waals surface area contributed by atoms with Gasteiger partial charge < -0.3 is 9.84 Å². The minimum Gasteiger partial charge on any atom is -0.489 e. The Morgan fingerprint density at radius 2 is 1.23 bits per heavy atom. The van der Waals surface area contributed by atoms with Crippen molar-refractivity contribution in [3.05, 3.63) is 173 Å². The molecular weight excluding hydrogens is 538 g/mol. The molecule has 0 bridgehead atoms. The Balaban J connectivity index is 1.28. The second-order valence-corrected chi connectivity index (χ2v) is 10.7. The summed E-state index contributed by atoms with van der Waals surface area (Å²) in [5, 5.41) is 10.4. The number of hydrogen-bond donors (Lipinski definition) is 2. The molecule has 0 aliphatic heterocycles. The van der Waals surface area contributed by atoms with Crippen LogP contribution in [0.2, 0.25) is 0 Å². The summed E-state index contributed by atoms with van der Waals surface area (Å²) in [7, 11) is 0. The summed E-state index contributed by atoms with van der Waals surface area (Å²) in [6.45, 7) is 0.350. The third-order valence-corrected chi connectivity index (χ3v) is 8.10. The molecular formula is C37H31NO5. The molecule has 1 fully saturated rings. The molecule has 6 rings (SSSR count). The number of hydrogen-bond acceptors (Lipinski definition) is 4. The van der Waals surface area contributed by atoms with Crippen molar-refractivity contribution in [3.63, 3.8) is 0 Å². The lowest BCUT2D eigenvalue weighted by Crippen LogP contribution is -2.42. The summed E-state index contributed by atoms with van der Waals surface area (Å²) >= 11 is 0. The second kappa shape index (κ2) is 12.0. The molecule has 5 aromatic rings. The van der Waals surface area contributed by atoms with E-state index in [2.05, 4.69) is 5.48 Å². The van der Waals surface area contributed by atoms with E-state index in [1.54, 1.807) is 24.3 Å². The summed E-state index contributed by atoms with van der Waals surface area (Å²) < 4.78 is 5.95. The molecule has 0 saturated heterocycles. The van der Waals surface area contributed by atoms with Gasteiger partial charge in [0.2, 0.25) is 5.91 Å². The zero-order chi connectivity index (χ0) is 29.7. The number of rotatable bonds is 11. The molecule has 0 spiro atoms. The number of aliphatic carboxylic acids is 1. The maximum Gasteiger partial charge on any atom is 0.314 e. The highest BCUT2D eigenvalue weighted by molar-refractivity contribution is 5.97. The molecule has 0 radical (unpaired) electrons. The average Bonchev–Trinajstić information content (AvgIpc) is 3.84. The molecule has 0 aromatic heterocycles. The van der Waals surface area contributed by atoms with Crippen molar-refractivity contribution in [1.82, 2.24) is 5.48 Å². The van der Waals surface area contributed by atoms with Crippen molar-refractivity contribution < 1.29 is 24.3 Å². The normalized spacial score (nSPS) is 17.5. The van der Waals surface area contributed by atoms with Crippen LogP contribution in [0.4, 0.5) is 0 Å². The first-order valence-electron chi connectivity index (χ1n) is 14.2. The van der Waals surface area contributed by atoms with E-state index >= 15 is 0 Å². The first-order chi connectivity index (χ1) is 21.0. The monoisotopic (exact) mass is 569 g/mol. The maximum atomic E-state index is 13.7. The lowest BCUT2D eigenvalue weighted by molar-refractivity contribution is -0.149. The molecule has 1 saturated carbocycles. The average molecular weight is 570 g/mol. The summed E-state index contributed by atoms with van der Waals surface area (Å²) in [5.74, 6) is -1.84. The van der Waals surface area contributed by atoms with Crippen molar-refractivity contribution in [2.75, 3.05) is 0 Å². The van der Waals surface area contributed by atoms with Crippen LogP contribution in [0.3, 0.4) is 0 Å². The predicted octanol–water partition coefficient (Wildman–Crippen LogP) is 6.65. The number of carboxylic acids is 1. The highest BCUT2D eigenvalue weighted by Crippen LogP contribution is 2.55. The van der Waals surface area contributed by atoms with Crippen molar-refractivity contribution in [3.8, 4) is 5.75 Å². The quantitative estimate of drug-likeness (QED) is 0.138. The Morgan fingerprint density at radius 1 is 0.721 bits per heavy atom. The molecule has 1 amide bonds. The topological polar surface area (TPSA) is 84.9 Å². The van der Waals surface area contributed by atoms with Gasteiger partial charge in [0.05, 0.1) is 5.92 Å². The van der Waals surface area contributed by atoms with Gasteiger partial charge in [-0.15, -0.1) is 0 Å². The number of carbonyl (C=O) groups excluding carboxylic acids is 1. The zero-order valence-electron chi connectivity index (χ0n) is 23.4.